The molecule has 0 radical (unpaired) electrons. The van der Waals surface area contributed by atoms with Crippen LogP contribution in [0.3, 0.4) is 0 Å². The van der Waals surface area contributed by atoms with Crippen LogP contribution < -0.4 is 5.73 Å². The third kappa shape index (κ3) is 2.74. The molecular formula is C20H18N4. The molecule has 24 heavy (non-hydrogen) atoms. The fraction of sp³-hybridized carbons (Fsp3) is 0.100. The maximum absolute atomic E-state index is 5.85. The molecule has 1 aromatic heterocycles. The molecule has 4 aromatic rings. The van der Waals surface area contributed by atoms with E-state index >= 15 is 0 Å². The Hall–Kier alpha value is -3.14. The van der Waals surface area contributed by atoms with Gasteiger partial charge in [0.15, 0.2) is 0 Å². The predicted octanol–water partition coefficient (Wildman–Crippen LogP) is 3.85. The van der Waals surface area contributed by atoms with Gasteiger partial charge in [0, 0.05) is 5.69 Å². The van der Waals surface area contributed by atoms with Gasteiger partial charge in [-0.25, -0.2) is 4.68 Å². The van der Waals surface area contributed by atoms with E-state index in [4.69, 9.17) is 5.73 Å². The third-order valence-electron chi connectivity index (χ3n) is 4.27. The number of rotatable bonds is 4. The molecule has 4 nitrogen and oxygen atoms in total. The largest absolute Gasteiger partial charge is 0.399 e. The number of benzene rings is 3. The van der Waals surface area contributed by atoms with Crippen molar-refractivity contribution in [3.8, 4) is 0 Å². The van der Waals surface area contributed by atoms with E-state index < -0.39 is 0 Å². The number of para-hydroxylation sites is 1. The van der Waals surface area contributed by atoms with E-state index in [-0.39, 0.29) is 6.04 Å². The van der Waals surface area contributed by atoms with Gasteiger partial charge in [-0.05, 0) is 41.8 Å². The number of hydrogen-bond donors (Lipinski definition) is 1. The number of anilines is 1. The van der Waals surface area contributed by atoms with Crippen molar-refractivity contribution >= 4 is 16.7 Å². The molecule has 0 aliphatic carbocycles. The summed E-state index contributed by atoms with van der Waals surface area (Å²) in [5.41, 5.74) is 11.0. The van der Waals surface area contributed by atoms with E-state index in [9.17, 15) is 0 Å². The van der Waals surface area contributed by atoms with Crippen molar-refractivity contribution in [1.29, 1.82) is 0 Å². The molecule has 0 bridgehead atoms. The number of fused-ring (bicyclic) bond motifs is 1. The van der Waals surface area contributed by atoms with Gasteiger partial charge in [-0.1, -0.05) is 59.8 Å². The van der Waals surface area contributed by atoms with Crippen LogP contribution in [-0.4, -0.2) is 15.0 Å². The Bertz CT molecular complexity index is 942. The standard InChI is InChI=1S/C20H18N4/c21-17-12-10-16(11-13-17)20(14-15-6-2-1-3-7-15)24-19-9-5-4-8-18(19)22-23-24/h1-13,20H,14,21H2. The monoisotopic (exact) mass is 314 g/mol. The van der Waals surface area contributed by atoms with Gasteiger partial charge in [-0.3, -0.25) is 0 Å². The van der Waals surface area contributed by atoms with Crippen LogP contribution in [0.1, 0.15) is 17.2 Å². The summed E-state index contributed by atoms with van der Waals surface area (Å²) < 4.78 is 2.01. The summed E-state index contributed by atoms with van der Waals surface area (Å²) in [6.07, 6.45) is 0.845. The van der Waals surface area contributed by atoms with Crippen LogP contribution in [0.2, 0.25) is 0 Å². The van der Waals surface area contributed by atoms with Crippen molar-refractivity contribution in [3.05, 3.63) is 90.0 Å². The Balaban J connectivity index is 1.82. The van der Waals surface area contributed by atoms with Gasteiger partial charge >= 0.3 is 0 Å². The van der Waals surface area contributed by atoms with Crippen molar-refractivity contribution < 1.29 is 0 Å². The number of hydrogen-bond acceptors (Lipinski definition) is 3. The number of aromatic nitrogens is 3. The summed E-state index contributed by atoms with van der Waals surface area (Å²) in [5.74, 6) is 0. The second kappa shape index (κ2) is 6.16. The van der Waals surface area contributed by atoms with Gasteiger partial charge in [0.1, 0.15) is 5.52 Å². The zero-order valence-electron chi connectivity index (χ0n) is 13.2. The van der Waals surface area contributed by atoms with Gasteiger partial charge in [0.2, 0.25) is 0 Å². The van der Waals surface area contributed by atoms with Crippen LogP contribution >= 0.6 is 0 Å². The van der Waals surface area contributed by atoms with Crippen molar-refractivity contribution in [2.24, 2.45) is 0 Å². The quantitative estimate of drug-likeness (QED) is 0.582. The number of nitrogens with two attached hydrogens (primary N) is 1. The lowest BCUT2D eigenvalue weighted by Crippen LogP contribution is -2.15. The molecule has 4 heteroatoms. The van der Waals surface area contributed by atoms with Crippen LogP contribution in [0, 0.1) is 0 Å². The van der Waals surface area contributed by atoms with Crippen LogP contribution in [0.15, 0.2) is 78.9 Å². The Kier molecular flexibility index (Phi) is 3.71. The average molecular weight is 314 g/mol. The SMILES string of the molecule is Nc1ccc(C(Cc2ccccc2)n2nnc3ccccc32)cc1. The van der Waals surface area contributed by atoms with Crippen molar-refractivity contribution in [3.63, 3.8) is 0 Å². The molecule has 1 heterocycles. The second-order valence-corrected chi connectivity index (χ2v) is 5.89. The molecule has 0 saturated carbocycles. The molecule has 0 fully saturated rings. The average Bonchev–Trinajstić information content (AvgIpc) is 3.05. The molecule has 0 amide bonds. The maximum Gasteiger partial charge on any atom is 0.113 e. The first-order valence-corrected chi connectivity index (χ1v) is 8.00. The Morgan fingerprint density at radius 3 is 2.33 bits per heavy atom. The molecule has 0 spiro atoms. The van der Waals surface area contributed by atoms with Gasteiger partial charge in [0.05, 0.1) is 11.6 Å². The fourth-order valence-corrected chi connectivity index (χ4v) is 3.02. The molecule has 1 unspecified atom stereocenters. The molecule has 0 aliphatic heterocycles. The first-order chi connectivity index (χ1) is 11.8. The first kappa shape index (κ1) is 14.5. The first-order valence-electron chi connectivity index (χ1n) is 8.00. The highest BCUT2D eigenvalue weighted by molar-refractivity contribution is 5.74. The zero-order chi connectivity index (χ0) is 16.4. The second-order valence-electron chi connectivity index (χ2n) is 5.89. The van der Waals surface area contributed by atoms with Crippen LogP contribution in [0.5, 0.6) is 0 Å². The van der Waals surface area contributed by atoms with Gasteiger partial charge in [0.25, 0.3) is 0 Å². The van der Waals surface area contributed by atoms with E-state index in [2.05, 4.69) is 52.8 Å². The summed E-state index contributed by atoms with van der Waals surface area (Å²) >= 11 is 0. The summed E-state index contributed by atoms with van der Waals surface area (Å²) in [7, 11) is 0. The molecule has 0 saturated heterocycles. The summed E-state index contributed by atoms with van der Waals surface area (Å²) in [4.78, 5) is 0. The van der Waals surface area contributed by atoms with Gasteiger partial charge < -0.3 is 5.73 Å². The molecule has 3 aromatic carbocycles. The van der Waals surface area contributed by atoms with E-state index in [0.29, 0.717) is 0 Å². The van der Waals surface area contributed by atoms with Crippen LogP contribution in [0.4, 0.5) is 5.69 Å². The zero-order valence-corrected chi connectivity index (χ0v) is 13.2. The maximum atomic E-state index is 5.85. The van der Waals surface area contributed by atoms with Crippen molar-refractivity contribution in [2.45, 2.75) is 12.5 Å². The molecular weight excluding hydrogens is 296 g/mol. The normalized spacial score (nSPS) is 12.3. The van der Waals surface area contributed by atoms with Crippen LogP contribution in [-0.2, 0) is 6.42 Å². The number of nitrogen functional groups attached to an aromatic ring is 1. The highest BCUT2D eigenvalue weighted by Gasteiger charge is 2.18. The molecule has 0 aliphatic rings. The van der Waals surface area contributed by atoms with Crippen molar-refractivity contribution in [1.82, 2.24) is 15.0 Å². The lowest BCUT2D eigenvalue weighted by molar-refractivity contribution is 0.518. The lowest BCUT2D eigenvalue weighted by Gasteiger charge is -2.19. The van der Waals surface area contributed by atoms with E-state index in [0.717, 1.165) is 23.1 Å². The topological polar surface area (TPSA) is 56.7 Å². The fourth-order valence-electron chi connectivity index (χ4n) is 3.02. The Labute approximate surface area is 140 Å². The Morgan fingerprint density at radius 1 is 0.833 bits per heavy atom. The lowest BCUT2D eigenvalue weighted by atomic mass is 9.98. The van der Waals surface area contributed by atoms with E-state index in [1.54, 1.807) is 0 Å². The van der Waals surface area contributed by atoms with Crippen molar-refractivity contribution in [2.75, 3.05) is 5.73 Å². The summed E-state index contributed by atoms with van der Waals surface area (Å²) in [5, 5.41) is 8.74. The van der Waals surface area contributed by atoms with E-state index in [1.807, 2.05) is 41.1 Å². The molecule has 2 N–H and O–H groups in total. The summed E-state index contributed by atoms with van der Waals surface area (Å²) in [6, 6.07) is 26.6. The minimum Gasteiger partial charge on any atom is -0.399 e. The third-order valence-corrected chi connectivity index (χ3v) is 4.27. The smallest absolute Gasteiger partial charge is 0.113 e. The molecule has 4 rings (SSSR count). The highest BCUT2D eigenvalue weighted by Crippen LogP contribution is 2.26. The molecule has 118 valence electrons. The van der Waals surface area contributed by atoms with Gasteiger partial charge in [-0.15, -0.1) is 5.10 Å². The van der Waals surface area contributed by atoms with Gasteiger partial charge in [-0.2, -0.15) is 0 Å². The van der Waals surface area contributed by atoms with Crippen LogP contribution in [0.25, 0.3) is 11.0 Å². The highest BCUT2D eigenvalue weighted by atomic mass is 15.4. The Morgan fingerprint density at radius 2 is 1.54 bits per heavy atom. The summed E-state index contributed by atoms with van der Waals surface area (Å²) in [6.45, 7) is 0. The molecule has 1 atom stereocenters. The number of nitrogens with zero attached hydrogens (tertiary/aromatic N) is 3. The minimum atomic E-state index is 0.0698. The van der Waals surface area contributed by atoms with E-state index in [1.165, 1.54) is 11.1 Å². The minimum absolute atomic E-state index is 0.0698. The predicted molar refractivity (Wildman–Crippen MR) is 96.7 cm³/mol.